The molecule has 0 saturated carbocycles. The molecule has 0 atom stereocenters. The van der Waals surface area contributed by atoms with E-state index in [2.05, 4.69) is 66.0 Å². The standard InChI is InChI=1S/2C6H14N.2ClH.Pt/c2*1-5(2)7-6(3)4;;;/h2*5-6H,1-4H3;2*1H;/q2*-1;;;+4/p-2. The maximum absolute atomic E-state index is 4.88. The third-order valence-electron chi connectivity index (χ3n) is 1.19. The molecule has 0 heterocycles. The Bertz CT molecular complexity index is 106. The Morgan fingerprint density at radius 2 is 0.706 bits per heavy atom. The fourth-order valence-corrected chi connectivity index (χ4v) is 1.19. The van der Waals surface area contributed by atoms with E-state index in [1.54, 1.807) is 0 Å². The molecule has 0 fully saturated rings. The number of hydrogen-bond donors (Lipinski definition) is 0. The fraction of sp³-hybridized carbons (Fsp3) is 1.00. The fourth-order valence-electron chi connectivity index (χ4n) is 1.19. The molecular formula is C12H28Cl2N2Pt. The Labute approximate surface area is 125 Å². The molecule has 0 spiro atoms. The van der Waals surface area contributed by atoms with Crippen LogP contribution in [0.4, 0.5) is 0 Å². The third-order valence-corrected chi connectivity index (χ3v) is 1.19. The monoisotopic (exact) mass is 465 g/mol. The van der Waals surface area contributed by atoms with Gasteiger partial charge in [0.15, 0.2) is 0 Å². The van der Waals surface area contributed by atoms with E-state index in [0.717, 1.165) is 0 Å². The van der Waals surface area contributed by atoms with Gasteiger partial charge in [-0.1, -0.05) is 55.4 Å². The van der Waals surface area contributed by atoms with Gasteiger partial charge >= 0.3 is 35.3 Å². The molecular weight excluding hydrogens is 438 g/mol. The molecule has 0 aromatic rings. The van der Waals surface area contributed by atoms with Crippen LogP contribution in [0.1, 0.15) is 55.4 Å². The summed E-state index contributed by atoms with van der Waals surface area (Å²) in [5.74, 6) is 0. The zero-order valence-electron chi connectivity index (χ0n) is 12.3. The maximum atomic E-state index is 4.88. The van der Waals surface area contributed by atoms with Crippen LogP contribution in [0.2, 0.25) is 0 Å². The van der Waals surface area contributed by atoms with E-state index in [4.69, 9.17) is 18.8 Å². The first-order valence-corrected chi connectivity index (χ1v) is 11.5. The predicted octanol–water partition coefficient (Wildman–Crippen LogP) is 5.73. The SMILES string of the molecule is CC(C)[N-]C(C)C.CC(C)[N-]C(C)C.[Cl][Pt+2][Cl]. The molecule has 0 aliphatic heterocycles. The average Bonchev–Trinajstić information content (AvgIpc) is 1.99. The number of hydrogen-bond acceptors (Lipinski definition) is 0. The normalized spacial score (nSPS) is 10.5. The van der Waals surface area contributed by atoms with E-state index in [1.807, 2.05) is 0 Å². The molecule has 0 N–H and O–H groups in total. The van der Waals surface area contributed by atoms with Crippen molar-refractivity contribution in [2.45, 2.75) is 79.6 Å². The van der Waals surface area contributed by atoms with Gasteiger partial charge in [-0.2, -0.15) is 0 Å². The van der Waals surface area contributed by atoms with E-state index in [0.29, 0.717) is 24.2 Å². The first-order valence-electron chi connectivity index (χ1n) is 5.89. The van der Waals surface area contributed by atoms with Crippen molar-refractivity contribution >= 4 is 18.8 Å². The van der Waals surface area contributed by atoms with Gasteiger partial charge < -0.3 is 10.6 Å². The van der Waals surface area contributed by atoms with Crippen molar-refractivity contribution in [2.75, 3.05) is 0 Å². The molecule has 0 amide bonds. The minimum atomic E-state index is -0.472. The van der Waals surface area contributed by atoms with Crippen LogP contribution in [0.3, 0.4) is 0 Å². The van der Waals surface area contributed by atoms with Gasteiger partial charge in [0.2, 0.25) is 0 Å². The summed E-state index contributed by atoms with van der Waals surface area (Å²) < 4.78 is 0. The van der Waals surface area contributed by atoms with Crippen molar-refractivity contribution in [3.63, 3.8) is 0 Å². The van der Waals surface area contributed by atoms with Crippen molar-refractivity contribution in [1.29, 1.82) is 0 Å². The van der Waals surface area contributed by atoms with Crippen LogP contribution in [0.25, 0.3) is 10.6 Å². The van der Waals surface area contributed by atoms with Gasteiger partial charge in [-0.3, -0.25) is 0 Å². The Kier molecular flexibility index (Phi) is 23.6. The van der Waals surface area contributed by atoms with Crippen molar-refractivity contribution in [1.82, 2.24) is 0 Å². The van der Waals surface area contributed by atoms with Gasteiger partial charge in [-0.15, -0.1) is 24.2 Å². The summed E-state index contributed by atoms with van der Waals surface area (Å²) in [6.45, 7) is 16.8. The van der Waals surface area contributed by atoms with Gasteiger partial charge in [0.05, 0.1) is 0 Å². The number of nitrogens with zero attached hydrogens (tertiary/aromatic N) is 2. The minimum absolute atomic E-state index is 0.472. The van der Waals surface area contributed by atoms with Crippen LogP contribution in [-0.2, 0) is 16.5 Å². The van der Waals surface area contributed by atoms with Gasteiger partial charge in [-0.25, -0.2) is 0 Å². The molecule has 0 bridgehead atoms. The summed E-state index contributed by atoms with van der Waals surface area (Å²) >= 11 is -0.472. The van der Waals surface area contributed by atoms with E-state index >= 15 is 0 Å². The van der Waals surface area contributed by atoms with Gasteiger partial charge in [0.25, 0.3) is 0 Å². The van der Waals surface area contributed by atoms with Crippen molar-refractivity contribution < 1.29 is 16.5 Å². The molecule has 0 aliphatic carbocycles. The van der Waals surface area contributed by atoms with Gasteiger partial charge in [-0.05, 0) is 0 Å². The van der Waals surface area contributed by atoms with Gasteiger partial charge in [0, 0.05) is 0 Å². The molecule has 0 aromatic carbocycles. The second-order valence-electron chi connectivity index (χ2n) is 4.72. The molecule has 0 unspecified atom stereocenters. The molecule has 0 radical (unpaired) electrons. The Hall–Kier alpha value is 1.19. The molecule has 0 aliphatic rings. The molecule has 2 nitrogen and oxygen atoms in total. The molecule has 17 heavy (non-hydrogen) atoms. The van der Waals surface area contributed by atoms with Crippen molar-refractivity contribution in [3.8, 4) is 0 Å². The zero-order valence-corrected chi connectivity index (χ0v) is 16.1. The quantitative estimate of drug-likeness (QED) is 0.507. The van der Waals surface area contributed by atoms with Crippen LogP contribution < -0.4 is 0 Å². The first kappa shape index (κ1) is 23.3. The number of halogens is 2. The third kappa shape index (κ3) is 47.0. The molecule has 110 valence electrons. The zero-order chi connectivity index (χ0) is 14.4. The van der Waals surface area contributed by atoms with Crippen LogP contribution in [0, 0.1) is 0 Å². The van der Waals surface area contributed by atoms with Crippen molar-refractivity contribution in [3.05, 3.63) is 10.6 Å². The average molecular weight is 466 g/mol. The Morgan fingerprint density at radius 1 is 0.588 bits per heavy atom. The Morgan fingerprint density at radius 3 is 0.706 bits per heavy atom. The summed E-state index contributed by atoms with van der Waals surface area (Å²) in [5.41, 5.74) is 0. The van der Waals surface area contributed by atoms with Gasteiger partial charge in [0.1, 0.15) is 0 Å². The summed E-state index contributed by atoms with van der Waals surface area (Å²) in [7, 11) is 9.75. The second kappa shape index (κ2) is 17.2. The summed E-state index contributed by atoms with van der Waals surface area (Å²) in [6, 6.07) is 2.00. The van der Waals surface area contributed by atoms with E-state index in [1.165, 1.54) is 0 Å². The second-order valence-corrected chi connectivity index (χ2v) is 8.00. The molecule has 0 aromatic heterocycles. The molecule has 0 rings (SSSR count). The van der Waals surface area contributed by atoms with Crippen LogP contribution in [0.5, 0.6) is 0 Å². The van der Waals surface area contributed by atoms with Crippen LogP contribution in [0.15, 0.2) is 0 Å². The first-order chi connectivity index (χ1) is 7.67. The molecule has 5 heteroatoms. The number of rotatable bonds is 4. The predicted molar refractivity (Wildman–Crippen MR) is 79.0 cm³/mol. The topological polar surface area (TPSA) is 28.2 Å². The van der Waals surface area contributed by atoms with Crippen LogP contribution in [-0.4, -0.2) is 24.2 Å². The van der Waals surface area contributed by atoms with E-state index in [-0.39, 0.29) is 0 Å². The van der Waals surface area contributed by atoms with Crippen LogP contribution >= 0.6 is 18.8 Å². The van der Waals surface area contributed by atoms with E-state index in [9.17, 15) is 0 Å². The summed E-state index contributed by atoms with van der Waals surface area (Å²) in [5, 5.41) is 8.56. The van der Waals surface area contributed by atoms with E-state index < -0.39 is 16.5 Å². The summed E-state index contributed by atoms with van der Waals surface area (Å²) in [6.07, 6.45) is 0. The van der Waals surface area contributed by atoms with Crippen molar-refractivity contribution in [2.24, 2.45) is 0 Å². The summed E-state index contributed by atoms with van der Waals surface area (Å²) in [4.78, 5) is 0. The Balaban J connectivity index is -0.000000188. The molecule has 0 saturated heterocycles.